The lowest BCUT2D eigenvalue weighted by Crippen LogP contribution is -2.37. The maximum absolute atomic E-state index is 12.0. The molecule has 0 aromatic heterocycles. The van der Waals surface area contributed by atoms with Gasteiger partial charge in [-0.25, -0.2) is 0 Å². The van der Waals surface area contributed by atoms with Gasteiger partial charge in [-0.3, -0.25) is 4.79 Å². The van der Waals surface area contributed by atoms with E-state index in [1.165, 1.54) is 6.92 Å². The zero-order valence-electron chi connectivity index (χ0n) is 9.10. The number of nitrogens with one attached hydrogen (secondary N) is 1. The summed E-state index contributed by atoms with van der Waals surface area (Å²) in [5.41, 5.74) is -0.0504. The van der Waals surface area contributed by atoms with E-state index in [1.54, 1.807) is 0 Å². The summed E-state index contributed by atoms with van der Waals surface area (Å²) in [5, 5.41) is 2.37. The minimum Gasteiger partial charge on any atom is -0.353 e. The van der Waals surface area contributed by atoms with Gasteiger partial charge in [0.15, 0.2) is 0 Å². The molecule has 2 nitrogen and oxygen atoms in total. The SMILES string of the molecule is CC(CC(F)(F)F)NC(=O)CC1(CS)CC1. The summed E-state index contributed by atoms with van der Waals surface area (Å²) in [6.45, 7) is 1.37. The van der Waals surface area contributed by atoms with Crippen molar-refractivity contribution in [1.82, 2.24) is 5.32 Å². The van der Waals surface area contributed by atoms with E-state index in [1.807, 2.05) is 0 Å². The van der Waals surface area contributed by atoms with E-state index in [0.29, 0.717) is 12.2 Å². The number of halogens is 3. The van der Waals surface area contributed by atoms with Crippen LogP contribution in [0, 0.1) is 5.41 Å². The Hall–Kier alpha value is -0.390. The highest BCUT2D eigenvalue weighted by Gasteiger charge is 2.43. The van der Waals surface area contributed by atoms with Gasteiger partial charge >= 0.3 is 6.18 Å². The molecule has 0 saturated heterocycles. The molecule has 16 heavy (non-hydrogen) atoms. The largest absolute Gasteiger partial charge is 0.391 e. The van der Waals surface area contributed by atoms with Crippen LogP contribution in [0.4, 0.5) is 13.2 Å². The molecule has 0 bridgehead atoms. The highest BCUT2D eigenvalue weighted by atomic mass is 32.1. The van der Waals surface area contributed by atoms with E-state index < -0.39 is 18.6 Å². The average Bonchev–Trinajstić information content (AvgIpc) is 2.81. The number of amides is 1. The quantitative estimate of drug-likeness (QED) is 0.726. The zero-order chi connectivity index (χ0) is 12.4. The first-order valence-corrected chi connectivity index (χ1v) is 5.87. The molecule has 1 amide bonds. The molecule has 0 radical (unpaired) electrons. The van der Waals surface area contributed by atoms with Crippen molar-refractivity contribution in [3.05, 3.63) is 0 Å². The van der Waals surface area contributed by atoms with Crippen LogP contribution < -0.4 is 5.32 Å². The lowest BCUT2D eigenvalue weighted by Gasteiger charge is -2.17. The number of hydrogen-bond donors (Lipinski definition) is 2. The van der Waals surface area contributed by atoms with Gasteiger partial charge in [-0.15, -0.1) is 0 Å². The monoisotopic (exact) mass is 255 g/mol. The molecular formula is C10H16F3NOS. The fourth-order valence-electron chi connectivity index (χ4n) is 1.63. The third-order valence-electron chi connectivity index (χ3n) is 2.77. The Morgan fingerprint density at radius 3 is 2.44 bits per heavy atom. The van der Waals surface area contributed by atoms with Crippen molar-refractivity contribution >= 4 is 18.5 Å². The highest BCUT2D eigenvalue weighted by Crippen LogP contribution is 2.49. The van der Waals surface area contributed by atoms with Crippen LogP contribution in [0.3, 0.4) is 0 Å². The van der Waals surface area contributed by atoms with Gasteiger partial charge in [0.2, 0.25) is 5.91 Å². The number of hydrogen-bond acceptors (Lipinski definition) is 2. The number of carbonyl (C=O) groups is 1. The van der Waals surface area contributed by atoms with Crippen LogP contribution in [0.15, 0.2) is 0 Å². The fourth-order valence-corrected chi connectivity index (χ4v) is 2.06. The Balaban J connectivity index is 2.29. The molecule has 0 heterocycles. The third kappa shape index (κ3) is 4.63. The maximum atomic E-state index is 12.0. The molecule has 1 unspecified atom stereocenters. The predicted molar refractivity (Wildman–Crippen MR) is 58.4 cm³/mol. The lowest BCUT2D eigenvalue weighted by molar-refractivity contribution is -0.141. The van der Waals surface area contributed by atoms with Gasteiger partial charge < -0.3 is 5.32 Å². The Morgan fingerprint density at radius 1 is 1.50 bits per heavy atom. The van der Waals surface area contributed by atoms with Crippen LogP contribution in [-0.2, 0) is 4.79 Å². The summed E-state index contributed by atoms with van der Waals surface area (Å²) in [7, 11) is 0. The van der Waals surface area contributed by atoms with Crippen molar-refractivity contribution in [2.45, 2.75) is 44.8 Å². The summed E-state index contributed by atoms with van der Waals surface area (Å²) in [4.78, 5) is 11.4. The second-order valence-corrected chi connectivity index (χ2v) is 4.94. The van der Waals surface area contributed by atoms with Gasteiger partial charge in [0.05, 0.1) is 6.42 Å². The number of thiol groups is 1. The second-order valence-electron chi connectivity index (χ2n) is 4.62. The van der Waals surface area contributed by atoms with Crippen LogP contribution in [0.25, 0.3) is 0 Å². The molecule has 0 aromatic rings. The minimum absolute atomic E-state index is 0.0504. The Morgan fingerprint density at radius 2 is 2.06 bits per heavy atom. The molecule has 94 valence electrons. The molecule has 0 aliphatic heterocycles. The van der Waals surface area contributed by atoms with E-state index in [2.05, 4.69) is 17.9 Å². The van der Waals surface area contributed by atoms with Crippen molar-refractivity contribution in [3.63, 3.8) is 0 Å². The van der Waals surface area contributed by atoms with Gasteiger partial charge in [0.25, 0.3) is 0 Å². The molecule has 1 aliphatic rings. The third-order valence-corrected chi connectivity index (χ3v) is 3.44. The van der Waals surface area contributed by atoms with E-state index in [4.69, 9.17) is 0 Å². The Labute approximate surface area is 98.4 Å². The fraction of sp³-hybridized carbons (Fsp3) is 0.900. The van der Waals surface area contributed by atoms with E-state index in [0.717, 1.165) is 12.8 Å². The van der Waals surface area contributed by atoms with E-state index in [9.17, 15) is 18.0 Å². The summed E-state index contributed by atoms with van der Waals surface area (Å²) < 4.78 is 36.0. The molecule has 6 heteroatoms. The molecule has 0 spiro atoms. The Kier molecular flexibility index (Phi) is 4.15. The maximum Gasteiger partial charge on any atom is 0.391 e. The van der Waals surface area contributed by atoms with E-state index >= 15 is 0 Å². The van der Waals surface area contributed by atoms with Crippen molar-refractivity contribution < 1.29 is 18.0 Å². The lowest BCUT2D eigenvalue weighted by atomic mass is 10.0. The molecule has 1 atom stereocenters. The molecule has 1 aliphatic carbocycles. The van der Waals surface area contributed by atoms with Crippen LogP contribution in [0.2, 0.25) is 0 Å². The van der Waals surface area contributed by atoms with Crippen LogP contribution in [0.5, 0.6) is 0 Å². The molecule has 1 fully saturated rings. The summed E-state index contributed by atoms with van der Waals surface area (Å²) in [6, 6.07) is -0.858. The summed E-state index contributed by atoms with van der Waals surface area (Å²) in [5.74, 6) is 0.317. The number of alkyl halides is 3. The molecule has 1 N–H and O–H groups in total. The molecule has 0 aromatic carbocycles. The van der Waals surface area contributed by atoms with Gasteiger partial charge in [-0.05, 0) is 30.9 Å². The van der Waals surface area contributed by atoms with Crippen LogP contribution >= 0.6 is 12.6 Å². The van der Waals surface area contributed by atoms with Crippen molar-refractivity contribution in [1.29, 1.82) is 0 Å². The zero-order valence-corrected chi connectivity index (χ0v) is 10.00. The van der Waals surface area contributed by atoms with Gasteiger partial charge in [0.1, 0.15) is 0 Å². The minimum atomic E-state index is -4.23. The van der Waals surface area contributed by atoms with Crippen molar-refractivity contribution in [2.24, 2.45) is 5.41 Å². The topological polar surface area (TPSA) is 29.1 Å². The smallest absolute Gasteiger partial charge is 0.353 e. The number of rotatable bonds is 5. The highest BCUT2D eigenvalue weighted by molar-refractivity contribution is 7.80. The van der Waals surface area contributed by atoms with Crippen LogP contribution in [-0.4, -0.2) is 23.9 Å². The standard InChI is InChI=1S/C10H16F3NOS/c1-7(4-10(11,12)13)14-8(15)5-9(6-16)2-3-9/h7,16H,2-6H2,1H3,(H,14,15). The summed E-state index contributed by atoms with van der Waals surface area (Å²) in [6.07, 6.45) is -3.03. The van der Waals surface area contributed by atoms with E-state index in [-0.39, 0.29) is 11.3 Å². The first kappa shape index (κ1) is 13.7. The first-order chi connectivity index (χ1) is 7.26. The molecule has 1 rings (SSSR count). The molecule has 1 saturated carbocycles. The average molecular weight is 255 g/mol. The molecular weight excluding hydrogens is 239 g/mol. The number of carbonyl (C=O) groups excluding carboxylic acids is 1. The van der Waals surface area contributed by atoms with Crippen LogP contribution in [0.1, 0.15) is 32.6 Å². The normalized spacial score (nSPS) is 20.3. The predicted octanol–water partition coefficient (Wildman–Crippen LogP) is 2.54. The second kappa shape index (κ2) is 4.85. The van der Waals surface area contributed by atoms with Crippen molar-refractivity contribution in [3.8, 4) is 0 Å². The van der Waals surface area contributed by atoms with Gasteiger partial charge in [-0.1, -0.05) is 0 Å². The Bertz CT molecular complexity index is 263. The first-order valence-electron chi connectivity index (χ1n) is 5.23. The van der Waals surface area contributed by atoms with Gasteiger partial charge in [-0.2, -0.15) is 25.8 Å². The van der Waals surface area contributed by atoms with Crippen molar-refractivity contribution in [2.75, 3.05) is 5.75 Å². The summed E-state index contributed by atoms with van der Waals surface area (Å²) >= 11 is 4.14. The van der Waals surface area contributed by atoms with Gasteiger partial charge in [0, 0.05) is 12.5 Å².